The van der Waals surface area contributed by atoms with Crippen LogP contribution in [0, 0.1) is 6.92 Å². The number of aryl methyl sites for hydroxylation is 1. The van der Waals surface area contributed by atoms with Crippen LogP contribution in [0.15, 0.2) is 36.4 Å². The maximum atomic E-state index is 13.6. The van der Waals surface area contributed by atoms with Gasteiger partial charge in [-0.1, -0.05) is 53.9 Å². The van der Waals surface area contributed by atoms with Crippen molar-refractivity contribution >= 4 is 62.3 Å². The number of anilines is 1. The van der Waals surface area contributed by atoms with E-state index in [-0.39, 0.29) is 24.2 Å². The summed E-state index contributed by atoms with van der Waals surface area (Å²) in [6.07, 6.45) is 1.72. The first-order valence-corrected chi connectivity index (χ1v) is 14.0. The van der Waals surface area contributed by atoms with E-state index in [1.807, 2.05) is 13.8 Å². The number of nitrogens with one attached hydrogen (secondary N) is 1. The second-order valence-corrected chi connectivity index (χ2v) is 11.6. The second kappa shape index (κ2) is 12.3. The molecule has 0 fully saturated rings. The molecule has 0 saturated carbocycles. The lowest BCUT2D eigenvalue weighted by molar-refractivity contribution is -0.139. The molecule has 0 unspecified atom stereocenters. The molecule has 192 valence electrons. The van der Waals surface area contributed by atoms with Gasteiger partial charge in [-0.2, -0.15) is 0 Å². The Morgan fingerprint density at radius 2 is 1.66 bits per heavy atom. The molecule has 2 amide bonds. The zero-order valence-corrected chi connectivity index (χ0v) is 23.4. The molecule has 7 nitrogen and oxygen atoms in total. The molecule has 1 N–H and O–H groups in total. The first-order valence-electron chi connectivity index (χ1n) is 11.0. The first-order chi connectivity index (χ1) is 16.3. The van der Waals surface area contributed by atoms with Crippen molar-refractivity contribution in [3.8, 4) is 0 Å². The lowest BCUT2D eigenvalue weighted by Gasteiger charge is -2.32. The van der Waals surface area contributed by atoms with E-state index >= 15 is 0 Å². The Morgan fingerprint density at radius 3 is 2.20 bits per heavy atom. The van der Waals surface area contributed by atoms with Gasteiger partial charge < -0.3 is 10.2 Å². The van der Waals surface area contributed by atoms with Gasteiger partial charge in [0.25, 0.3) is 0 Å². The van der Waals surface area contributed by atoms with Crippen molar-refractivity contribution in [3.05, 3.63) is 62.6 Å². The highest BCUT2D eigenvalue weighted by atomic mass is 35.5. The summed E-state index contributed by atoms with van der Waals surface area (Å²) < 4.78 is 26.4. The molecule has 2 aromatic rings. The fraction of sp³-hybridized carbons (Fsp3) is 0.417. The summed E-state index contributed by atoms with van der Waals surface area (Å²) >= 11 is 18.8. The molecule has 0 aromatic heterocycles. The molecule has 2 rings (SSSR count). The van der Waals surface area contributed by atoms with E-state index in [1.54, 1.807) is 44.2 Å². The van der Waals surface area contributed by atoms with Crippen LogP contribution in [-0.2, 0) is 26.2 Å². The van der Waals surface area contributed by atoms with E-state index in [2.05, 4.69) is 5.32 Å². The first kappa shape index (κ1) is 29.2. The number of hydrogen-bond acceptors (Lipinski definition) is 4. The van der Waals surface area contributed by atoms with E-state index < -0.39 is 28.5 Å². The van der Waals surface area contributed by atoms with Crippen molar-refractivity contribution in [1.29, 1.82) is 0 Å². The van der Waals surface area contributed by atoms with Crippen LogP contribution < -0.4 is 9.62 Å². The average molecular weight is 563 g/mol. The zero-order valence-electron chi connectivity index (χ0n) is 20.3. The number of hydrogen-bond donors (Lipinski definition) is 1. The van der Waals surface area contributed by atoms with Gasteiger partial charge in [-0.15, -0.1) is 0 Å². The monoisotopic (exact) mass is 561 g/mol. The number of sulfonamides is 1. The van der Waals surface area contributed by atoms with E-state index in [1.165, 1.54) is 11.0 Å². The van der Waals surface area contributed by atoms with Gasteiger partial charge in [-0.25, -0.2) is 8.42 Å². The molecular weight excluding hydrogens is 533 g/mol. The number of nitrogens with zero attached hydrogens (tertiary/aromatic N) is 2. The van der Waals surface area contributed by atoms with Crippen LogP contribution >= 0.6 is 34.8 Å². The molecule has 0 aliphatic heterocycles. The summed E-state index contributed by atoms with van der Waals surface area (Å²) in [7, 11) is -3.87. The summed E-state index contributed by atoms with van der Waals surface area (Å²) in [5.74, 6) is -0.974. The summed E-state index contributed by atoms with van der Waals surface area (Å²) in [5, 5.41) is 3.85. The summed E-state index contributed by atoms with van der Waals surface area (Å²) in [6, 6.07) is 8.70. The van der Waals surface area contributed by atoms with Gasteiger partial charge in [-0.05, 0) is 57.0 Å². The quantitative estimate of drug-likeness (QED) is 0.439. The molecule has 2 atom stereocenters. The molecule has 0 bridgehead atoms. The lowest BCUT2D eigenvalue weighted by Crippen LogP contribution is -2.52. The van der Waals surface area contributed by atoms with Gasteiger partial charge in [-0.3, -0.25) is 13.9 Å². The number of halogens is 3. The molecule has 0 spiro atoms. The van der Waals surface area contributed by atoms with Crippen molar-refractivity contribution in [2.75, 3.05) is 17.1 Å². The average Bonchev–Trinajstić information content (AvgIpc) is 2.77. The van der Waals surface area contributed by atoms with Gasteiger partial charge in [0.15, 0.2) is 0 Å². The van der Waals surface area contributed by atoms with Crippen molar-refractivity contribution in [2.24, 2.45) is 0 Å². The molecule has 0 radical (unpaired) electrons. The molecule has 0 aliphatic carbocycles. The van der Waals surface area contributed by atoms with Crippen LogP contribution in [0.2, 0.25) is 15.1 Å². The van der Waals surface area contributed by atoms with Crippen LogP contribution in [0.3, 0.4) is 0 Å². The van der Waals surface area contributed by atoms with Crippen LogP contribution in [0.5, 0.6) is 0 Å². The minimum absolute atomic E-state index is 0.0848. The van der Waals surface area contributed by atoms with E-state index in [4.69, 9.17) is 34.8 Å². The SMILES string of the molecule is CC[C@H](C)NC(=O)[C@@H](C)N(Cc1c(Cl)cccc1Cl)C(=O)CN(c1cc(Cl)ccc1C)S(C)(=O)=O. The van der Waals surface area contributed by atoms with E-state index in [0.29, 0.717) is 32.6 Å². The van der Waals surface area contributed by atoms with Gasteiger partial charge in [0.05, 0.1) is 11.9 Å². The molecule has 35 heavy (non-hydrogen) atoms. The topological polar surface area (TPSA) is 86.8 Å². The fourth-order valence-electron chi connectivity index (χ4n) is 3.35. The third kappa shape index (κ3) is 7.74. The highest BCUT2D eigenvalue weighted by Gasteiger charge is 2.31. The lowest BCUT2D eigenvalue weighted by atomic mass is 10.1. The largest absolute Gasteiger partial charge is 0.352 e. The van der Waals surface area contributed by atoms with Crippen LogP contribution in [-0.4, -0.2) is 50.0 Å². The van der Waals surface area contributed by atoms with Crippen molar-refractivity contribution in [2.45, 2.75) is 52.7 Å². The predicted octanol–water partition coefficient (Wildman–Crippen LogP) is 5.05. The third-order valence-electron chi connectivity index (χ3n) is 5.68. The number of carbonyl (C=O) groups excluding carboxylic acids is 2. The molecular formula is C24H30Cl3N3O4S. The minimum Gasteiger partial charge on any atom is -0.352 e. The van der Waals surface area contributed by atoms with Crippen molar-refractivity contribution in [1.82, 2.24) is 10.2 Å². The van der Waals surface area contributed by atoms with E-state index in [9.17, 15) is 18.0 Å². The van der Waals surface area contributed by atoms with Crippen LogP contribution in [0.1, 0.15) is 38.3 Å². The maximum absolute atomic E-state index is 13.6. The molecule has 0 heterocycles. The Bertz CT molecular complexity index is 1170. The highest BCUT2D eigenvalue weighted by molar-refractivity contribution is 7.92. The number of rotatable bonds is 10. The molecule has 11 heteroatoms. The molecule has 0 saturated heterocycles. The van der Waals surface area contributed by atoms with Gasteiger partial charge in [0.2, 0.25) is 21.8 Å². The number of benzene rings is 2. The number of amides is 2. The van der Waals surface area contributed by atoms with Gasteiger partial charge >= 0.3 is 0 Å². The van der Waals surface area contributed by atoms with Crippen molar-refractivity contribution in [3.63, 3.8) is 0 Å². The molecule has 0 aliphatic rings. The summed E-state index contributed by atoms with van der Waals surface area (Å²) in [6.45, 7) is 6.46. The third-order valence-corrected chi connectivity index (χ3v) is 7.75. The zero-order chi connectivity index (χ0) is 26.5. The van der Waals surface area contributed by atoms with Crippen molar-refractivity contribution < 1.29 is 18.0 Å². The Balaban J connectivity index is 2.49. The second-order valence-electron chi connectivity index (χ2n) is 8.42. The van der Waals surface area contributed by atoms with Gasteiger partial charge in [0.1, 0.15) is 12.6 Å². The number of carbonyl (C=O) groups is 2. The maximum Gasteiger partial charge on any atom is 0.244 e. The normalized spacial score (nSPS) is 13.1. The van der Waals surface area contributed by atoms with Crippen LogP contribution in [0.4, 0.5) is 5.69 Å². The smallest absolute Gasteiger partial charge is 0.244 e. The Labute approximate surface area is 222 Å². The predicted molar refractivity (Wildman–Crippen MR) is 143 cm³/mol. The Hall–Kier alpha value is -2.00. The van der Waals surface area contributed by atoms with Gasteiger partial charge in [0, 0.05) is 33.2 Å². The molecule has 2 aromatic carbocycles. The standard InChI is InChI=1S/C24H30Cl3N3O4S/c1-6-16(3)28-24(32)17(4)29(13-19-20(26)8-7-9-21(19)27)23(31)14-30(35(5,33)34)22-12-18(25)11-10-15(22)2/h7-12,16-17H,6,13-14H2,1-5H3,(H,28,32)/t16-,17+/m0/s1. The van der Waals surface area contributed by atoms with Crippen LogP contribution in [0.25, 0.3) is 0 Å². The highest BCUT2D eigenvalue weighted by Crippen LogP contribution is 2.29. The Kier molecular flexibility index (Phi) is 10.3. The fourth-order valence-corrected chi connectivity index (χ4v) is 4.93. The summed E-state index contributed by atoms with van der Waals surface area (Å²) in [5.41, 5.74) is 1.36. The summed E-state index contributed by atoms with van der Waals surface area (Å²) in [4.78, 5) is 27.8. The Morgan fingerprint density at radius 1 is 1.06 bits per heavy atom. The van der Waals surface area contributed by atoms with E-state index in [0.717, 1.165) is 10.6 Å². The minimum atomic E-state index is -3.87.